The molecule has 1 aliphatic rings. The second-order valence-corrected chi connectivity index (χ2v) is 5.32. The highest BCUT2D eigenvalue weighted by molar-refractivity contribution is 9.10. The summed E-state index contributed by atoms with van der Waals surface area (Å²) in [5.74, 6) is -1.22. The fraction of sp³-hybridized carbons (Fsp3) is 0.462. The van der Waals surface area contributed by atoms with E-state index in [0.29, 0.717) is 28.6 Å². The third-order valence-corrected chi connectivity index (χ3v) is 4.39. The molecule has 0 bridgehead atoms. The van der Waals surface area contributed by atoms with Crippen molar-refractivity contribution in [1.29, 1.82) is 0 Å². The van der Waals surface area contributed by atoms with Gasteiger partial charge in [0.05, 0.1) is 19.6 Å². The first-order chi connectivity index (χ1) is 8.97. The summed E-state index contributed by atoms with van der Waals surface area (Å²) >= 11 is 3.22. The van der Waals surface area contributed by atoms with Gasteiger partial charge in [0, 0.05) is 5.56 Å². The largest absolute Gasteiger partial charge is 0.495 e. The van der Waals surface area contributed by atoms with Gasteiger partial charge in [0.25, 0.3) is 0 Å². The van der Waals surface area contributed by atoms with Gasteiger partial charge >= 0.3 is 5.97 Å². The highest BCUT2D eigenvalue weighted by Gasteiger charge is 2.48. The van der Waals surface area contributed by atoms with E-state index in [2.05, 4.69) is 15.9 Å². The summed E-state index contributed by atoms with van der Waals surface area (Å²) in [5, 5.41) is 9.44. The van der Waals surface area contributed by atoms with Crippen molar-refractivity contribution < 1.29 is 23.8 Å². The molecule has 1 fully saturated rings. The highest BCUT2D eigenvalue weighted by Crippen LogP contribution is 2.51. The molecule has 0 saturated heterocycles. The number of methoxy groups -OCH3 is 2. The first-order valence-electron chi connectivity index (χ1n) is 5.81. The van der Waals surface area contributed by atoms with Crippen LogP contribution in [0.25, 0.3) is 0 Å². The van der Waals surface area contributed by atoms with Gasteiger partial charge in [-0.05, 0) is 34.8 Å². The maximum absolute atomic E-state index is 14.0. The Bertz CT molecular complexity index is 526. The maximum Gasteiger partial charge on any atom is 0.314 e. The molecule has 0 heterocycles. The number of hydrogen-bond donors (Lipinski definition) is 1. The number of rotatable bonds is 4. The van der Waals surface area contributed by atoms with Gasteiger partial charge < -0.3 is 14.6 Å². The van der Waals surface area contributed by atoms with Crippen LogP contribution in [0.5, 0.6) is 11.5 Å². The molecule has 0 spiro atoms. The fourth-order valence-electron chi connectivity index (χ4n) is 2.45. The number of carbonyl (C=O) groups is 1. The summed E-state index contributed by atoms with van der Waals surface area (Å²) in [6.45, 7) is 0. The third kappa shape index (κ3) is 1.98. The van der Waals surface area contributed by atoms with Crippen molar-refractivity contribution in [2.75, 3.05) is 14.2 Å². The van der Waals surface area contributed by atoms with E-state index in [0.717, 1.165) is 6.42 Å². The highest BCUT2D eigenvalue weighted by atomic mass is 79.9. The average Bonchev–Trinajstić information content (AvgIpc) is 2.27. The van der Waals surface area contributed by atoms with E-state index in [-0.39, 0.29) is 5.75 Å². The van der Waals surface area contributed by atoms with Gasteiger partial charge in [-0.1, -0.05) is 6.42 Å². The summed E-state index contributed by atoms with van der Waals surface area (Å²) in [4.78, 5) is 11.5. The van der Waals surface area contributed by atoms with Crippen LogP contribution in [0.15, 0.2) is 10.5 Å². The zero-order chi connectivity index (χ0) is 14.2. The molecule has 19 heavy (non-hydrogen) atoms. The van der Waals surface area contributed by atoms with Crippen LogP contribution in [-0.4, -0.2) is 25.3 Å². The Morgan fingerprint density at radius 3 is 2.32 bits per heavy atom. The van der Waals surface area contributed by atoms with Crippen molar-refractivity contribution >= 4 is 21.9 Å². The van der Waals surface area contributed by atoms with E-state index >= 15 is 0 Å². The molecule has 0 unspecified atom stereocenters. The quantitative estimate of drug-likeness (QED) is 0.920. The van der Waals surface area contributed by atoms with Crippen molar-refractivity contribution in [3.63, 3.8) is 0 Å². The van der Waals surface area contributed by atoms with E-state index in [1.165, 1.54) is 20.3 Å². The van der Waals surface area contributed by atoms with Crippen LogP contribution >= 0.6 is 15.9 Å². The fourth-order valence-corrected chi connectivity index (χ4v) is 3.18. The van der Waals surface area contributed by atoms with Gasteiger partial charge in [-0.2, -0.15) is 0 Å². The molecule has 6 heteroatoms. The lowest BCUT2D eigenvalue weighted by molar-refractivity contribution is -0.147. The minimum absolute atomic E-state index is 0.0143. The van der Waals surface area contributed by atoms with E-state index in [4.69, 9.17) is 9.47 Å². The van der Waals surface area contributed by atoms with Gasteiger partial charge in [-0.15, -0.1) is 0 Å². The molecule has 1 aromatic rings. The van der Waals surface area contributed by atoms with Gasteiger partial charge in [0.1, 0.15) is 10.2 Å². The average molecular weight is 333 g/mol. The Morgan fingerprint density at radius 1 is 1.37 bits per heavy atom. The first-order valence-corrected chi connectivity index (χ1v) is 6.61. The number of benzene rings is 1. The normalized spacial score (nSPS) is 16.6. The SMILES string of the molecule is COc1c(F)cc(C2(C(=O)O)CCC2)c(OC)c1Br. The van der Waals surface area contributed by atoms with E-state index in [9.17, 15) is 14.3 Å². The van der Waals surface area contributed by atoms with Crippen LogP contribution in [0, 0.1) is 5.82 Å². The van der Waals surface area contributed by atoms with Crippen molar-refractivity contribution in [3.8, 4) is 11.5 Å². The molecule has 1 aromatic carbocycles. The smallest absolute Gasteiger partial charge is 0.314 e. The lowest BCUT2D eigenvalue weighted by Crippen LogP contribution is -2.42. The van der Waals surface area contributed by atoms with Gasteiger partial charge in [-0.3, -0.25) is 4.79 Å². The number of carboxylic acid groups (broad SMARTS) is 1. The summed E-state index contributed by atoms with van der Waals surface area (Å²) < 4.78 is 24.5. The van der Waals surface area contributed by atoms with E-state index in [1.54, 1.807) is 0 Å². The molecule has 0 aromatic heterocycles. The molecule has 0 atom stereocenters. The monoisotopic (exact) mass is 332 g/mol. The van der Waals surface area contributed by atoms with Crippen LogP contribution in [0.3, 0.4) is 0 Å². The number of halogens is 2. The van der Waals surface area contributed by atoms with E-state index < -0.39 is 17.2 Å². The summed E-state index contributed by atoms with van der Waals surface area (Å²) in [7, 11) is 2.77. The van der Waals surface area contributed by atoms with Crippen LogP contribution in [-0.2, 0) is 10.2 Å². The van der Waals surface area contributed by atoms with Crippen molar-refractivity contribution in [3.05, 3.63) is 21.9 Å². The second kappa shape index (κ2) is 5.00. The lowest BCUT2D eigenvalue weighted by Gasteiger charge is -2.39. The molecular weight excluding hydrogens is 319 g/mol. The number of aliphatic carboxylic acids is 1. The maximum atomic E-state index is 14.0. The molecule has 104 valence electrons. The van der Waals surface area contributed by atoms with Crippen LogP contribution in [0.1, 0.15) is 24.8 Å². The van der Waals surface area contributed by atoms with Crippen LogP contribution < -0.4 is 9.47 Å². The summed E-state index contributed by atoms with van der Waals surface area (Å²) in [5.41, 5.74) is -0.694. The Balaban J connectivity index is 2.67. The van der Waals surface area contributed by atoms with Gasteiger partial charge in [-0.25, -0.2) is 4.39 Å². The third-order valence-electron chi connectivity index (χ3n) is 3.67. The number of ether oxygens (including phenoxy) is 2. The van der Waals surface area contributed by atoms with Gasteiger partial charge in [0.2, 0.25) is 0 Å². The van der Waals surface area contributed by atoms with Crippen molar-refractivity contribution in [1.82, 2.24) is 0 Å². The molecule has 0 aliphatic heterocycles. The summed E-state index contributed by atoms with van der Waals surface area (Å²) in [6.07, 6.45) is 1.77. The van der Waals surface area contributed by atoms with Crippen molar-refractivity contribution in [2.45, 2.75) is 24.7 Å². The predicted octanol–water partition coefficient (Wildman–Crippen LogP) is 3.11. The Morgan fingerprint density at radius 2 is 1.95 bits per heavy atom. The molecular formula is C13H14BrFO4. The standard InChI is InChI=1S/C13H14BrFO4/c1-18-10-7(13(12(16)17)4-3-5-13)6-8(15)11(19-2)9(10)14/h6H,3-5H2,1-2H3,(H,16,17). The minimum atomic E-state index is -1.05. The predicted molar refractivity (Wildman–Crippen MR) is 70.4 cm³/mol. The Kier molecular flexibility index (Phi) is 3.71. The molecule has 1 aliphatic carbocycles. The number of hydrogen-bond acceptors (Lipinski definition) is 3. The Hall–Kier alpha value is -1.30. The topological polar surface area (TPSA) is 55.8 Å². The van der Waals surface area contributed by atoms with Crippen molar-refractivity contribution in [2.24, 2.45) is 0 Å². The number of carboxylic acids is 1. The van der Waals surface area contributed by atoms with Crippen LogP contribution in [0.2, 0.25) is 0 Å². The molecule has 4 nitrogen and oxygen atoms in total. The first kappa shape index (κ1) is 14.1. The molecule has 0 radical (unpaired) electrons. The molecule has 0 amide bonds. The zero-order valence-electron chi connectivity index (χ0n) is 10.6. The lowest BCUT2D eigenvalue weighted by atomic mass is 9.64. The summed E-state index contributed by atoms with van der Waals surface area (Å²) in [6, 6.07) is 1.20. The minimum Gasteiger partial charge on any atom is -0.495 e. The molecule has 2 rings (SSSR count). The Labute approximate surface area is 118 Å². The van der Waals surface area contributed by atoms with E-state index in [1.807, 2.05) is 0 Å². The molecule has 1 saturated carbocycles. The second-order valence-electron chi connectivity index (χ2n) is 4.53. The van der Waals surface area contributed by atoms with Gasteiger partial charge in [0.15, 0.2) is 11.6 Å². The molecule has 1 N–H and O–H groups in total. The van der Waals surface area contributed by atoms with Crippen LogP contribution in [0.4, 0.5) is 4.39 Å². The zero-order valence-corrected chi connectivity index (χ0v) is 12.2.